The normalized spacial score (nSPS) is 21.2. The third-order valence-electron chi connectivity index (χ3n) is 3.12. The topological polar surface area (TPSA) is 54.8 Å². The summed E-state index contributed by atoms with van der Waals surface area (Å²) in [7, 11) is 0. The van der Waals surface area contributed by atoms with E-state index in [1.807, 2.05) is 0 Å². The summed E-state index contributed by atoms with van der Waals surface area (Å²) >= 11 is 0. The van der Waals surface area contributed by atoms with Gasteiger partial charge in [0.1, 0.15) is 12.2 Å². The number of hydrogen-bond acceptors (Lipinski definition) is 4. The minimum absolute atomic E-state index is 0.631. The highest BCUT2D eigenvalue weighted by Crippen LogP contribution is 2.05. The van der Waals surface area contributed by atoms with E-state index in [-0.39, 0.29) is 0 Å². The summed E-state index contributed by atoms with van der Waals surface area (Å²) in [6.45, 7) is 6.04. The molecule has 1 atom stereocenters. The Kier molecular flexibility index (Phi) is 4.30. The summed E-state index contributed by atoms with van der Waals surface area (Å²) in [5.74, 6) is 1.03. The number of aromatic nitrogens is 3. The molecule has 0 bridgehead atoms. The van der Waals surface area contributed by atoms with Crippen LogP contribution in [0, 0.1) is 0 Å². The molecule has 0 spiro atoms. The highest BCUT2D eigenvalue weighted by Gasteiger charge is 2.12. The molecule has 2 N–H and O–H groups in total. The Morgan fingerprint density at radius 1 is 1.56 bits per heavy atom. The van der Waals surface area contributed by atoms with Crippen LogP contribution in [0.3, 0.4) is 0 Å². The van der Waals surface area contributed by atoms with E-state index in [0.29, 0.717) is 6.04 Å². The highest BCUT2D eigenvalue weighted by molar-refractivity contribution is 4.85. The first-order chi connectivity index (χ1) is 7.90. The van der Waals surface area contributed by atoms with Crippen molar-refractivity contribution in [3.8, 4) is 0 Å². The molecule has 1 aromatic heterocycles. The van der Waals surface area contributed by atoms with E-state index in [1.54, 1.807) is 6.33 Å². The number of nitrogens with one attached hydrogen (secondary N) is 2. The SMILES string of the molecule is CCn1cnnc1CNCC1CCCCN1. The number of aryl methyl sites for hydroxylation is 1. The van der Waals surface area contributed by atoms with Crippen LogP contribution in [0.2, 0.25) is 0 Å². The molecule has 0 saturated carbocycles. The van der Waals surface area contributed by atoms with Crippen molar-refractivity contribution in [2.75, 3.05) is 13.1 Å². The Balaban J connectivity index is 1.71. The molecule has 0 amide bonds. The molecule has 1 fully saturated rings. The van der Waals surface area contributed by atoms with E-state index in [0.717, 1.165) is 32.0 Å². The standard InChI is InChI=1S/C11H21N5/c1-2-16-9-14-15-11(16)8-12-7-10-5-3-4-6-13-10/h9-10,12-13H,2-8H2,1H3. The minimum atomic E-state index is 0.631. The predicted molar refractivity (Wildman–Crippen MR) is 63.0 cm³/mol. The molecule has 0 aliphatic carbocycles. The van der Waals surface area contributed by atoms with Gasteiger partial charge >= 0.3 is 0 Å². The van der Waals surface area contributed by atoms with E-state index in [2.05, 4.69) is 32.3 Å². The van der Waals surface area contributed by atoms with Gasteiger partial charge in [0.2, 0.25) is 0 Å². The number of hydrogen-bond donors (Lipinski definition) is 2. The van der Waals surface area contributed by atoms with Crippen molar-refractivity contribution in [3.63, 3.8) is 0 Å². The van der Waals surface area contributed by atoms with E-state index in [1.165, 1.54) is 19.3 Å². The monoisotopic (exact) mass is 223 g/mol. The van der Waals surface area contributed by atoms with Crippen LogP contribution < -0.4 is 10.6 Å². The van der Waals surface area contributed by atoms with Crippen LogP contribution in [0.1, 0.15) is 32.0 Å². The predicted octanol–water partition coefficient (Wildman–Crippen LogP) is 0.530. The average molecular weight is 223 g/mol. The molecule has 1 saturated heterocycles. The van der Waals surface area contributed by atoms with Crippen molar-refractivity contribution in [1.29, 1.82) is 0 Å². The van der Waals surface area contributed by atoms with Crippen LogP contribution >= 0.6 is 0 Å². The van der Waals surface area contributed by atoms with Gasteiger partial charge in [-0.05, 0) is 26.3 Å². The molecule has 5 heteroatoms. The Bertz CT molecular complexity index is 303. The summed E-state index contributed by atoms with van der Waals surface area (Å²) in [5.41, 5.74) is 0. The quantitative estimate of drug-likeness (QED) is 0.764. The minimum Gasteiger partial charge on any atom is -0.317 e. The molecular weight excluding hydrogens is 202 g/mol. The van der Waals surface area contributed by atoms with Gasteiger partial charge in [-0.1, -0.05) is 6.42 Å². The van der Waals surface area contributed by atoms with Crippen LogP contribution in [0.15, 0.2) is 6.33 Å². The second-order valence-corrected chi connectivity index (χ2v) is 4.31. The molecule has 2 rings (SSSR count). The van der Waals surface area contributed by atoms with Crippen LogP contribution in [0.25, 0.3) is 0 Å². The summed E-state index contributed by atoms with van der Waals surface area (Å²) in [6, 6.07) is 0.631. The van der Waals surface area contributed by atoms with E-state index >= 15 is 0 Å². The van der Waals surface area contributed by atoms with Crippen molar-refractivity contribution in [2.24, 2.45) is 0 Å². The zero-order valence-electron chi connectivity index (χ0n) is 9.95. The van der Waals surface area contributed by atoms with Gasteiger partial charge in [0.15, 0.2) is 0 Å². The molecule has 0 radical (unpaired) electrons. The van der Waals surface area contributed by atoms with Crippen molar-refractivity contribution in [2.45, 2.75) is 45.3 Å². The average Bonchev–Trinajstić information content (AvgIpc) is 2.78. The van der Waals surface area contributed by atoms with Gasteiger partial charge in [-0.2, -0.15) is 0 Å². The number of rotatable bonds is 5. The lowest BCUT2D eigenvalue weighted by Crippen LogP contribution is -2.41. The third kappa shape index (κ3) is 3.02. The lowest BCUT2D eigenvalue weighted by molar-refractivity contribution is 0.381. The van der Waals surface area contributed by atoms with Crippen LogP contribution in [0.4, 0.5) is 0 Å². The van der Waals surface area contributed by atoms with E-state index in [9.17, 15) is 0 Å². The fourth-order valence-corrected chi connectivity index (χ4v) is 2.14. The van der Waals surface area contributed by atoms with Gasteiger partial charge in [0, 0.05) is 19.1 Å². The molecule has 1 unspecified atom stereocenters. The van der Waals surface area contributed by atoms with Crippen LogP contribution in [0.5, 0.6) is 0 Å². The molecule has 16 heavy (non-hydrogen) atoms. The number of nitrogens with zero attached hydrogens (tertiary/aromatic N) is 3. The first-order valence-electron chi connectivity index (χ1n) is 6.21. The van der Waals surface area contributed by atoms with Gasteiger partial charge in [-0.3, -0.25) is 0 Å². The van der Waals surface area contributed by atoms with Crippen LogP contribution in [-0.2, 0) is 13.1 Å². The zero-order valence-corrected chi connectivity index (χ0v) is 9.95. The highest BCUT2D eigenvalue weighted by atomic mass is 15.3. The first kappa shape index (κ1) is 11.5. The van der Waals surface area contributed by atoms with Gasteiger partial charge in [-0.25, -0.2) is 0 Å². The van der Waals surface area contributed by atoms with Gasteiger partial charge in [0.05, 0.1) is 6.54 Å². The summed E-state index contributed by atoms with van der Waals surface area (Å²) in [5, 5.41) is 15.0. The molecule has 90 valence electrons. The summed E-state index contributed by atoms with van der Waals surface area (Å²) < 4.78 is 2.07. The maximum atomic E-state index is 4.10. The molecule has 2 heterocycles. The lowest BCUT2D eigenvalue weighted by atomic mass is 10.1. The molecule has 5 nitrogen and oxygen atoms in total. The fourth-order valence-electron chi connectivity index (χ4n) is 2.14. The van der Waals surface area contributed by atoms with Gasteiger partial charge in [-0.15, -0.1) is 10.2 Å². The molecule has 0 aromatic carbocycles. The Morgan fingerprint density at radius 3 is 3.25 bits per heavy atom. The summed E-state index contributed by atoms with van der Waals surface area (Å²) in [4.78, 5) is 0. The van der Waals surface area contributed by atoms with Gasteiger partial charge < -0.3 is 15.2 Å². The van der Waals surface area contributed by atoms with Crippen molar-refractivity contribution in [1.82, 2.24) is 25.4 Å². The Morgan fingerprint density at radius 2 is 2.50 bits per heavy atom. The van der Waals surface area contributed by atoms with Crippen molar-refractivity contribution >= 4 is 0 Å². The smallest absolute Gasteiger partial charge is 0.146 e. The van der Waals surface area contributed by atoms with Crippen LogP contribution in [-0.4, -0.2) is 33.9 Å². The molecular formula is C11H21N5. The maximum Gasteiger partial charge on any atom is 0.146 e. The zero-order chi connectivity index (χ0) is 11.2. The Hall–Kier alpha value is -0.940. The van der Waals surface area contributed by atoms with E-state index in [4.69, 9.17) is 0 Å². The second kappa shape index (κ2) is 5.96. The largest absolute Gasteiger partial charge is 0.317 e. The fraction of sp³-hybridized carbons (Fsp3) is 0.818. The molecule has 1 aliphatic heterocycles. The van der Waals surface area contributed by atoms with Crippen molar-refractivity contribution < 1.29 is 0 Å². The Labute approximate surface area is 96.6 Å². The van der Waals surface area contributed by atoms with E-state index < -0.39 is 0 Å². The third-order valence-corrected chi connectivity index (χ3v) is 3.12. The van der Waals surface area contributed by atoms with Gasteiger partial charge in [0.25, 0.3) is 0 Å². The molecule has 1 aromatic rings. The second-order valence-electron chi connectivity index (χ2n) is 4.31. The number of piperidine rings is 1. The lowest BCUT2D eigenvalue weighted by Gasteiger charge is -2.23. The maximum absolute atomic E-state index is 4.10. The summed E-state index contributed by atoms with van der Waals surface area (Å²) in [6.07, 6.45) is 5.74. The van der Waals surface area contributed by atoms with Crippen molar-refractivity contribution in [3.05, 3.63) is 12.2 Å². The molecule has 1 aliphatic rings. The first-order valence-corrected chi connectivity index (χ1v) is 6.21.